The van der Waals surface area contributed by atoms with Crippen molar-refractivity contribution in [3.8, 4) is 0 Å². The average Bonchev–Trinajstić information content (AvgIpc) is 3.41. The van der Waals surface area contributed by atoms with Gasteiger partial charge in [0.1, 0.15) is 5.82 Å². The van der Waals surface area contributed by atoms with Gasteiger partial charge in [-0.2, -0.15) is 0 Å². The van der Waals surface area contributed by atoms with Crippen LogP contribution in [-0.2, 0) is 5.41 Å². The Bertz CT molecular complexity index is 1440. The summed E-state index contributed by atoms with van der Waals surface area (Å²) >= 11 is 2.60. The van der Waals surface area contributed by atoms with Crippen molar-refractivity contribution in [2.45, 2.75) is 47.6 Å². The lowest BCUT2D eigenvalue weighted by atomic mass is 9.75. The molecule has 0 unspecified atom stereocenters. The summed E-state index contributed by atoms with van der Waals surface area (Å²) in [5.74, 6) is -0.471. The molecule has 11 heteroatoms. The molecule has 40 heavy (non-hydrogen) atoms. The molecule has 0 aliphatic carbocycles. The van der Waals surface area contributed by atoms with Gasteiger partial charge in [0.2, 0.25) is 0 Å². The molecular formula is C29H32FN7OS2. The van der Waals surface area contributed by atoms with Crippen molar-refractivity contribution >= 4 is 40.0 Å². The third kappa shape index (κ3) is 6.65. The van der Waals surface area contributed by atoms with Crippen molar-refractivity contribution in [3.05, 3.63) is 84.0 Å². The van der Waals surface area contributed by atoms with Crippen LogP contribution in [0.2, 0.25) is 0 Å². The molecule has 4 aromatic rings. The third-order valence-corrected chi connectivity index (χ3v) is 9.11. The van der Waals surface area contributed by atoms with Crippen molar-refractivity contribution in [1.82, 2.24) is 30.2 Å². The number of piperidine rings is 1. The summed E-state index contributed by atoms with van der Waals surface area (Å²) in [6.45, 7) is 7.48. The topological polar surface area (TPSA) is 95.9 Å². The van der Waals surface area contributed by atoms with Gasteiger partial charge in [-0.05, 0) is 81.7 Å². The van der Waals surface area contributed by atoms with Gasteiger partial charge in [-0.25, -0.2) is 19.3 Å². The summed E-state index contributed by atoms with van der Waals surface area (Å²) < 4.78 is 16.3. The van der Waals surface area contributed by atoms with Crippen LogP contribution >= 0.6 is 23.1 Å². The van der Waals surface area contributed by atoms with Crippen molar-refractivity contribution in [2.75, 3.05) is 31.5 Å². The molecule has 1 amide bonds. The molecule has 1 fully saturated rings. The van der Waals surface area contributed by atoms with Gasteiger partial charge in [-0.3, -0.25) is 9.78 Å². The standard InChI is InChI=1S/C29H32FN7OS2/c1-3-14-37-15-9-29(10-16-37,22-6-4-5-11-31-22)19-35-27(38)26-25(30)21(8-13-33-26)39-24-18-34-28(40-24)36-23-17-20(2)7-12-32-23/h4-8,11-13,17-18H,3,9-10,14-16,19H2,1-2H3,(H,35,38)(H,32,34,36). The number of aryl methyl sites for hydroxylation is 1. The third-order valence-electron chi connectivity index (χ3n) is 7.06. The van der Waals surface area contributed by atoms with E-state index in [-0.39, 0.29) is 11.1 Å². The van der Waals surface area contributed by atoms with Crippen molar-refractivity contribution in [1.29, 1.82) is 0 Å². The largest absolute Gasteiger partial charge is 0.350 e. The second-order valence-electron chi connectivity index (χ2n) is 9.92. The zero-order valence-corrected chi connectivity index (χ0v) is 24.2. The maximum atomic E-state index is 15.5. The van der Waals surface area contributed by atoms with Gasteiger partial charge in [-0.15, -0.1) is 0 Å². The van der Waals surface area contributed by atoms with E-state index in [1.54, 1.807) is 24.7 Å². The fourth-order valence-electron chi connectivity index (χ4n) is 4.90. The molecule has 0 aromatic carbocycles. The highest BCUT2D eigenvalue weighted by molar-refractivity contribution is 8.01. The Labute approximate surface area is 241 Å². The summed E-state index contributed by atoms with van der Waals surface area (Å²) in [7, 11) is 0. The number of anilines is 2. The molecule has 0 atom stereocenters. The molecule has 1 saturated heterocycles. The first-order valence-corrected chi connectivity index (χ1v) is 15.0. The Kier molecular flexibility index (Phi) is 9.03. The molecule has 1 aliphatic heterocycles. The quantitative estimate of drug-likeness (QED) is 0.243. The summed E-state index contributed by atoms with van der Waals surface area (Å²) in [6.07, 6.45) is 9.51. The molecule has 1 aliphatic rings. The molecule has 5 rings (SSSR count). The van der Waals surface area contributed by atoms with Crippen LogP contribution in [0.4, 0.5) is 15.3 Å². The number of hydrogen-bond donors (Lipinski definition) is 2. The number of carbonyl (C=O) groups excluding carboxylic acids is 1. The number of hydrogen-bond acceptors (Lipinski definition) is 9. The Morgan fingerprint density at radius 2 is 1.93 bits per heavy atom. The summed E-state index contributed by atoms with van der Waals surface area (Å²) in [4.78, 5) is 33.4. The fourth-order valence-corrected chi connectivity index (χ4v) is 6.77. The van der Waals surface area contributed by atoms with Crippen LogP contribution in [0.15, 0.2) is 70.3 Å². The average molecular weight is 578 g/mol. The molecule has 5 heterocycles. The number of rotatable bonds is 10. The second-order valence-corrected chi connectivity index (χ2v) is 12.3. The number of likely N-dealkylation sites (tertiary alicyclic amines) is 1. The lowest BCUT2D eigenvalue weighted by Gasteiger charge is -2.41. The zero-order valence-electron chi connectivity index (χ0n) is 22.6. The second kappa shape index (κ2) is 12.8. The molecule has 0 radical (unpaired) electrons. The smallest absolute Gasteiger partial charge is 0.273 e. The van der Waals surface area contributed by atoms with Crippen molar-refractivity contribution in [2.24, 2.45) is 0 Å². The van der Waals surface area contributed by atoms with Crippen LogP contribution < -0.4 is 10.6 Å². The number of pyridine rings is 3. The lowest BCUT2D eigenvalue weighted by molar-refractivity contribution is 0.0910. The van der Waals surface area contributed by atoms with E-state index in [0.29, 0.717) is 22.4 Å². The van der Waals surface area contributed by atoms with E-state index >= 15 is 4.39 Å². The Morgan fingerprint density at radius 1 is 1.10 bits per heavy atom. The maximum Gasteiger partial charge on any atom is 0.273 e. The number of aromatic nitrogens is 4. The van der Waals surface area contributed by atoms with E-state index in [9.17, 15) is 4.79 Å². The highest BCUT2D eigenvalue weighted by Gasteiger charge is 2.38. The molecule has 8 nitrogen and oxygen atoms in total. The first kappa shape index (κ1) is 28.1. The molecule has 4 aromatic heterocycles. The van der Waals surface area contributed by atoms with Gasteiger partial charge >= 0.3 is 0 Å². The number of thiazole rings is 1. The summed E-state index contributed by atoms with van der Waals surface area (Å²) in [6, 6.07) is 11.3. The van der Waals surface area contributed by atoms with Crippen LogP contribution in [0.1, 0.15) is 47.9 Å². The minimum absolute atomic E-state index is 0.212. The zero-order chi connectivity index (χ0) is 28.0. The predicted molar refractivity (Wildman–Crippen MR) is 157 cm³/mol. The van der Waals surface area contributed by atoms with Gasteiger partial charge in [0.25, 0.3) is 5.91 Å². The monoisotopic (exact) mass is 577 g/mol. The lowest BCUT2D eigenvalue weighted by Crippen LogP contribution is -2.49. The van der Waals surface area contributed by atoms with Crippen molar-refractivity contribution in [3.63, 3.8) is 0 Å². The number of amides is 1. The number of halogens is 1. The predicted octanol–water partition coefficient (Wildman–Crippen LogP) is 5.84. The van der Waals surface area contributed by atoms with E-state index < -0.39 is 11.7 Å². The van der Waals surface area contributed by atoms with E-state index in [2.05, 4.69) is 42.4 Å². The first-order chi connectivity index (χ1) is 19.5. The van der Waals surface area contributed by atoms with Crippen molar-refractivity contribution < 1.29 is 9.18 Å². The van der Waals surface area contributed by atoms with Gasteiger partial charge in [0.15, 0.2) is 16.6 Å². The number of nitrogens with one attached hydrogen (secondary N) is 2. The normalized spacial score (nSPS) is 15.1. The van der Waals surface area contributed by atoms with Gasteiger partial charge in [0.05, 0.1) is 15.3 Å². The first-order valence-electron chi connectivity index (χ1n) is 13.4. The van der Waals surface area contributed by atoms with E-state index in [0.717, 1.165) is 54.4 Å². The minimum atomic E-state index is -0.641. The minimum Gasteiger partial charge on any atom is -0.350 e. The van der Waals surface area contributed by atoms with Gasteiger partial charge in [-0.1, -0.05) is 36.1 Å². The molecule has 208 valence electrons. The summed E-state index contributed by atoms with van der Waals surface area (Å²) in [5.41, 5.74) is 1.53. The van der Waals surface area contributed by atoms with Crippen LogP contribution in [0.3, 0.4) is 0 Å². The van der Waals surface area contributed by atoms with E-state index in [4.69, 9.17) is 0 Å². The molecule has 2 N–H and O–H groups in total. The highest BCUT2D eigenvalue weighted by atomic mass is 32.2. The molecule has 0 spiro atoms. The van der Waals surface area contributed by atoms with E-state index in [1.807, 2.05) is 37.3 Å². The molecular weight excluding hydrogens is 545 g/mol. The molecule has 0 bridgehead atoms. The Morgan fingerprint density at radius 3 is 2.67 bits per heavy atom. The Hall–Kier alpha value is -3.41. The van der Waals surface area contributed by atoms with Crippen LogP contribution in [-0.4, -0.2) is 56.9 Å². The molecule has 0 saturated carbocycles. The highest BCUT2D eigenvalue weighted by Crippen LogP contribution is 2.37. The maximum absolute atomic E-state index is 15.5. The van der Waals surface area contributed by atoms with Crippen LogP contribution in [0.5, 0.6) is 0 Å². The Balaban J connectivity index is 1.27. The number of nitrogens with zero attached hydrogens (tertiary/aromatic N) is 5. The SMILES string of the molecule is CCCN1CCC(CNC(=O)c2nccc(Sc3cnc(Nc4cc(C)ccn4)s3)c2F)(c2ccccn2)CC1. The van der Waals surface area contributed by atoms with Crippen LogP contribution in [0.25, 0.3) is 0 Å². The summed E-state index contributed by atoms with van der Waals surface area (Å²) in [5, 5.41) is 6.81. The fraction of sp³-hybridized carbons (Fsp3) is 0.345. The van der Waals surface area contributed by atoms with Gasteiger partial charge in [0, 0.05) is 36.2 Å². The van der Waals surface area contributed by atoms with E-state index in [1.165, 1.54) is 29.3 Å². The van der Waals surface area contributed by atoms with Crippen LogP contribution in [0, 0.1) is 12.7 Å². The van der Waals surface area contributed by atoms with Gasteiger partial charge < -0.3 is 15.5 Å². The number of carbonyl (C=O) groups is 1.